The number of carbonyl (C=O) groups excluding carboxylic acids is 1. The van der Waals surface area contributed by atoms with Crippen molar-refractivity contribution in [2.45, 2.75) is 45.1 Å². The molecular weight excluding hydrogens is 396 g/mol. The van der Waals surface area contributed by atoms with E-state index in [9.17, 15) is 4.79 Å². The highest BCUT2D eigenvalue weighted by Crippen LogP contribution is 2.33. The number of imidazole rings is 1. The summed E-state index contributed by atoms with van der Waals surface area (Å²) in [5.74, 6) is 1.21. The molecule has 0 aromatic carbocycles. The molecule has 0 bridgehead atoms. The maximum absolute atomic E-state index is 12.2. The lowest BCUT2D eigenvalue weighted by atomic mass is 9.96. The van der Waals surface area contributed by atoms with Gasteiger partial charge in [-0.3, -0.25) is 4.40 Å². The van der Waals surface area contributed by atoms with Gasteiger partial charge in [-0.25, -0.2) is 14.8 Å². The Balaban J connectivity index is 1.74. The highest BCUT2D eigenvalue weighted by atomic mass is 79.9. The number of aromatic nitrogens is 3. The summed E-state index contributed by atoms with van der Waals surface area (Å²) in [6.45, 7) is 6.95. The molecule has 1 amide bonds. The number of amides is 1. The molecular formula is C16H20BrClN4O2. The first-order valence-corrected chi connectivity index (χ1v) is 9.09. The molecule has 1 fully saturated rings. The molecule has 2 aromatic rings. The van der Waals surface area contributed by atoms with Crippen molar-refractivity contribution < 1.29 is 9.53 Å². The van der Waals surface area contributed by atoms with E-state index in [-0.39, 0.29) is 12.0 Å². The van der Waals surface area contributed by atoms with E-state index in [1.807, 2.05) is 31.4 Å². The van der Waals surface area contributed by atoms with Crippen molar-refractivity contribution in [2.24, 2.45) is 0 Å². The Morgan fingerprint density at radius 1 is 1.38 bits per heavy atom. The fourth-order valence-electron chi connectivity index (χ4n) is 2.92. The van der Waals surface area contributed by atoms with Gasteiger partial charge in [-0.1, -0.05) is 11.6 Å². The molecule has 3 rings (SSSR count). The second-order valence-corrected chi connectivity index (χ2v) is 8.05. The number of hydrogen-bond acceptors (Lipinski definition) is 4. The molecule has 0 spiro atoms. The smallest absolute Gasteiger partial charge is 0.410 e. The third kappa shape index (κ3) is 3.52. The van der Waals surface area contributed by atoms with E-state index in [0.29, 0.717) is 22.8 Å². The fraction of sp³-hybridized carbons (Fsp3) is 0.562. The van der Waals surface area contributed by atoms with Crippen LogP contribution >= 0.6 is 27.5 Å². The van der Waals surface area contributed by atoms with Crippen molar-refractivity contribution in [1.82, 2.24) is 19.3 Å². The highest BCUT2D eigenvalue weighted by molar-refractivity contribution is 9.10. The van der Waals surface area contributed by atoms with Crippen LogP contribution in [0, 0.1) is 0 Å². The van der Waals surface area contributed by atoms with Crippen molar-refractivity contribution in [2.75, 3.05) is 13.1 Å². The van der Waals surface area contributed by atoms with Crippen molar-refractivity contribution in [3.63, 3.8) is 0 Å². The number of nitrogens with zero attached hydrogens (tertiary/aromatic N) is 4. The first-order valence-electron chi connectivity index (χ1n) is 7.92. The van der Waals surface area contributed by atoms with Crippen LogP contribution in [0.4, 0.5) is 4.79 Å². The number of hydrogen-bond donors (Lipinski definition) is 0. The topological polar surface area (TPSA) is 59.7 Å². The van der Waals surface area contributed by atoms with Gasteiger partial charge in [0.1, 0.15) is 21.5 Å². The molecule has 24 heavy (non-hydrogen) atoms. The van der Waals surface area contributed by atoms with Gasteiger partial charge < -0.3 is 9.64 Å². The normalized spacial score (nSPS) is 16.6. The molecule has 0 unspecified atom stereocenters. The van der Waals surface area contributed by atoms with E-state index in [1.165, 1.54) is 0 Å². The molecule has 1 saturated heterocycles. The largest absolute Gasteiger partial charge is 0.444 e. The predicted octanol–water partition coefficient (Wildman–Crippen LogP) is 4.26. The summed E-state index contributed by atoms with van der Waals surface area (Å²) in [5.41, 5.74) is 0.311. The Morgan fingerprint density at radius 3 is 2.67 bits per heavy atom. The first-order chi connectivity index (χ1) is 11.3. The summed E-state index contributed by atoms with van der Waals surface area (Å²) in [4.78, 5) is 22.7. The number of halogens is 2. The zero-order chi connectivity index (χ0) is 17.5. The third-order valence-electron chi connectivity index (χ3n) is 4.01. The van der Waals surface area contributed by atoms with Crippen LogP contribution < -0.4 is 0 Å². The van der Waals surface area contributed by atoms with Gasteiger partial charge in [0.05, 0.1) is 0 Å². The van der Waals surface area contributed by atoms with Crippen LogP contribution in [-0.4, -0.2) is 44.1 Å². The quantitative estimate of drug-likeness (QED) is 0.698. The molecule has 0 radical (unpaired) electrons. The molecule has 0 aliphatic carbocycles. The second-order valence-electron chi connectivity index (χ2n) is 6.94. The zero-order valence-corrected chi connectivity index (χ0v) is 16.3. The van der Waals surface area contributed by atoms with E-state index in [0.717, 1.165) is 24.2 Å². The maximum atomic E-state index is 12.2. The summed E-state index contributed by atoms with van der Waals surface area (Å²) in [6.07, 6.45) is 4.97. The van der Waals surface area contributed by atoms with Crippen molar-refractivity contribution in [3.05, 3.63) is 28.0 Å². The van der Waals surface area contributed by atoms with E-state index < -0.39 is 5.60 Å². The number of fused-ring (bicyclic) bond motifs is 1. The van der Waals surface area contributed by atoms with Crippen molar-refractivity contribution in [3.8, 4) is 0 Å². The Kier molecular flexibility index (Phi) is 4.75. The second kappa shape index (κ2) is 6.52. The average molecular weight is 416 g/mol. The fourth-order valence-corrected chi connectivity index (χ4v) is 3.83. The van der Waals surface area contributed by atoms with Crippen molar-refractivity contribution in [1.29, 1.82) is 0 Å². The lowest BCUT2D eigenvalue weighted by Crippen LogP contribution is -2.41. The van der Waals surface area contributed by atoms with Gasteiger partial charge in [0.25, 0.3) is 0 Å². The molecule has 130 valence electrons. The molecule has 2 aromatic heterocycles. The van der Waals surface area contributed by atoms with Gasteiger partial charge in [-0.2, -0.15) is 0 Å². The average Bonchev–Trinajstić information content (AvgIpc) is 2.84. The summed E-state index contributed by atoms with van der Waals surface area (Å²) in [5, 5.41) is 0.425. The van der Waals surface area contributed by atoms with Crippen molar-refractivity contribution >= 4 is 39.1 Å². The maximum Gasteiger partial charge on any atom is 0.410 e. The van der Waals surface area contributed by atoms with Crippen LogP contribution in [0.15, 0.2) is 17.0 Å². The van der Waals surface area contributed by atoms with E-state index in [4.69, 9.17) is 16.3 Å². The molecule has 1 aliphatic rings. The SMILES string of the molecule is CC(C)(C)OC(=O)N1CCC(c2nc(Br)c3c(Cl)nccn23)CC1. The summed E-state index contributed by atoms with van der Waals surface area (Å²) < 4.78 is 8.12. The third-order valence-corrected chi connectivity index (χ3v) is 4.84. The van der Waals surface area contributed by atoms with Gasteiger partial charge in [0.2, 0.25) is 0 Å². The van der Waals surface area contributed by atoms with E-state index in [1.54, 1.807) is 11.1 Å². The number of piperidine rings is 1. The van der Waals surface area contributed by atoms with E-state index >= 15 is 0 Å². The zero-order valence-electron chi connectivity index (χ0n) is 13.9. The molecule has 0 saturated carbocycles. The summed E-state index contributed by atoms with van der Waals surface area (Å²) >= 11 is 9.63. The Bertz CT molecular complexity index is 763. The van der Waals surface area contributed by atoms with E-state index in [2.05, 4.69) is 25.9 Å². The van der Waals surface area contributed by atoms with Gasteiger partial charge in [0.15, 0.2) is 5.15 Å². The van der Waals surface area contributed by atoms with Crippen LogP contribution in [-0.2, 0) is 4.74 Å². The van der Waals surface area contributed by atoms with Gasteiger partial charge in [0, 0.05) is 31.4 Å². The molecule has 0 N–H and O–H groups in total. The molecule has 1 aliphatic heterocycles. The van der Waals surface area contributed by atoms with Crippen LogP contribution in [0.2, 0.25) is 5.15 Å². The minimum absolute atomic E-state index is 0.248. The number of ether oxygens (including phenoxy) is 1. The van der Waals surface area contributed by atoms with Gasteiger partial charge in [-0.05, 0) is 49.5 Å². The summed E-state index contributed by atoms with van der Waals surface area (Å²) in [7, 11) is 0. The van der Waals surface area contributed by atoms with Crippen LogP contribution in [0.5, 0.6) is 0 Å². The van der Waals surface area contributed by atoms with Crippen LogP contribution in [0.25, 0.3) is 5.52 Å². The standard InChI is InChI=1S/C16H20BrClN4O2/c1-16(2,3)24-15(23)21-7-4-10(5-8-21)14-20-12(17)11-13(18)19-6-9-22(11)14/h6,9-10H,4-5,7-8H2,1-3H3. The minimum atomic E-state index is -0.470. The van der Waals surface area contributed by atoms with Crippen LogP contribution in [0.3, 0.4) is 0 Å². The molecule has 0 atom stereocenters. The monoisotopic (exact) mass is 414 g/mol. The van der Waals surface area contributed by atoms with Gasteiger partial charge >= 0.3 is 6.09 Å². The minimum Gasteiger partial charge on any atom is -0.444 e. The first kappa shape index (κ1) is 17.5. The summed E-state index contributed by atoms with van der Waals surface area (Å²) in [6, 6.07) is 0. The highest BCUT2D eigenvalue weighted by Gasteiger charge is 2.30. The number of carbonyl (C=O) groups is 1. The molecule has 3 heterocycles. The Morgan fingerprint density at radius 2 is 2.04 bits per heavy atom. The predicted molar refractivity (Wildman–Crippen MR) is 95.5 cm³/mol. The molecule has 6 nitrogen and oxygen atoms in total. The van der Waals surface area contributed by atoms with Crippen LogP contribution in [0.1, 0.15) is 45.4 Å². The lowest BCUT2D eigenvalue weighted by Gasteiger charge is -2.33. The van der Waals surface area contributed by atoms with Gasteiger partial charge in [-0.15, -0.1) is 0 Å². The number of likely N-dealkylation sites (tertiary alicyclic amines) is 1. The number of rotatable bonds is 1. The lowest BCUT2D eigenvalue weighted by molar-refractivity contribution is 0.0203. The Labute approximate surface area is 154 Å². The molecule has 8 heteroatoms. The Hall–Kier alpha value is -1.34.